The van der Waals surface area contributed by atoms with Crippen molar-refractivity contribution in [3.05, 3.63) is 66.7 Å². The number of likely N-dealkylation sites (tertiary alicyclic amines) is 1. The van der Waals surface area contributed by atoms with Crippen LogP contribution in [0.5, 0.6) is 5.75 Å². The van der Waals surface area contributed by atoms with Gasteiger partial charge in [0.05, 0.1) is 24.0 Å². The lowest BCUT2D eigenvalue weighted by atomic mass is 9.66. The number of nitrogens with zero attached hydrogens (tertiary/aromatic N) is 1. The number of nitrogens with one attached hydrogen (secondary N) is 2. The maximum atomic E-state index is 14.1. The predicted octanol–water partition coefficient (Wildman–Crippen LogP) is 4.35. The Kier molecular flexibility index (Phi) is 7.41. The highest BCUT2D eigenvalue weighted by Crippen LogP contribution is 2.63. The number of aliphatic hydroxyl groups is 1. The van der Waals surface area contributed by atoms with Crippen LogP contribution in [0.1, 0.15) is 39.5 Å². The standard InChI is InChI=1S/C33H37N3O6/c1-3-41-25-14-12-23(13-15-25)34-29(38)26-27-31(40)36(18-6-7-19-37)28(33(27)17-16-32(26,2)42-33)30(39)35-24-11-10-21-8-4-5-9-22(21)20-24/h4-5,8-15,20,26-28,37H,3,6-7,16-19H2,1-2H3,(H,34,38)(H,35,39)/t26-,27-,28?,32+,33?/m0/s1. The molecule has 9 heteroatoms. The number of amides is 3. The summed E-state index contributed by atoms with van der Waals surface area (Å²) >= 11 is 0. The molecule has 3 aliphatic rings. The molecule has 6 rings (SSSR count). The second kappa shape index (κ2) is 11.0. The first kappa shape index (κ1) is 28.2. The topological polar surface area (TPSA) is 117 Å². The number of benzene rings is 3. The zero-order chi connectivity index (χ0) is 29.5. The molecule has 0 saturated carbocycles. The minimum absolute atomic E-state index is 0.00770. The van der Waals surface area contributed by atoms with Gasteiger partial charge in [-0.3, -0.25) is 14.4 Å². The average Bonchev–Trinajstić information content (AvgIpc) is 3.55. The summed E-state index contributed by atoms with van der Waals surface area (Å²) < 4.78 is 12.2. The van der Waals surface area contributed by atoms with Crippen LogP contribution in [0.15, 0.2) is 66.7 Å². The zero-order valence-electron chi connectivity index (χ0n) is 24.0. The maximum Gasteiger partial charge on any atom is 0.250 e. The van der Waals surface area contributed by atoms with Crippen molar-refractivity contribution in [1.29, 1.82) is 0 Å². The molecule has 3 heterocycles. The highest BCUT2D eigenvalue weighted by Gasteiger charge is 2.77. The van der Waals surface area contributed by atoms with E-state index >= 15 is 0 Å². The SMILES string of the molecule is CCOc1ccc(NC(=O)[C@@H]2[C@H]3C(=O)N(CCCCO)C(C(=O)Nc4ccc5ccccc5c4)C34CC[C@@]2(C)O4)cc1. The lowest BCUT2D eigenvalue weighted by molar-refractivity contribution is -0.143. The molecule has 9 nitrogen and oxygen atoms in total. The van der Waals surface area contributed by atoms with Crippen LogP contribution < -0.4 is 15.4 Å². The maximum absolute atomic E-state index is 14.1. The van der Waals surface area contributed by atoms with Gasteiger partial charge in [0, 0.05) is 24.5 Å². The minimum atomic E-state index is -1.12. The summed E-state index contributed by atoms with van der Waals surface area (Å²) in [7, 11) is 0. The molecule has 220 valence electrons. The van der Waals surface area contributed by atoms with E-state index in [9.17, 15) is 19.5 Å². The number of unbranched alkanes of at least 4 members (excludes halogenated alkanes) is 1. The van der Waals surface area contributed by atoms with Crippen LogP contribution in [0, 0.1) is 11.8 Å². The van der Waals surface area contributed by atoms with E-state index in [0.717, 1.165) is 10.8 Å². The third-order valence-corrected chi connectivity index (χ3v) is 9.06. The van der Waals surface area contributed by atoms with Gasteiger partial charge in [-0.1, -0.05) is 30.3 Å². The molecule has 3 N–H and O–H groups in total. The molecule has 3 aliphatic heterocycles. The molecule has 2 bridgehead atoms. The highest BCUT2D eigenvalue weighted by molar-refractivity contribution is 6.05. The second-order valence-corrected chi connectivity index (χ2v) is 11.7. The van der Waals surface area contributed by atoms with Crippen molar-refractivity contribution >= 4 is 39.9 Å². The average molecular weight is 572 g/mol. The number of hydrogen-bond acceptors (Lipinski definition) is 6. The Morgan fingerprint density at radius 1 is 0.976 bits per heavy atom. The molecule has 2 unspecified atom stereocenters. The number of anilines is 2. The lowest BCUT2D eigenvalue weighted by Crippen LogP contribution is -2.53. The van der Waals surface area contributed by atoms with Crippen LogP contribution in [0.25, 0.3) is 10.8 Å². The van der Waals surface area contributed by atoms with E-state index in [1.165, 1.54) is 0 Å². The molecule has 3 aromatic carbocycles. The van der Waals surface area contributed by atoms with E-state index in [2.05, 4.69) is 10.6 Å². The summed E-state index contributed by atoms with van der Waals surface area (Å²) in [4.78, 5) is 43.6. The van der Waals surface area contributed by atoms with Crippen LogP contribution in [-0.4, -0.2) is 64.7 Å². The fourth-order valence-corrected chi connectivity index (χ4v) is 7.26. The van der Waals surface area contributed by atoms with Gasteiger partial charge in [-0.05, 0) is 86.7 Å². The molecule has 3 aromatic rings. The Bertz CT molecular complexity index is 1510. The number of carbonyl (C=O) groups excluding carboxylic acids is 3. The van der Waals surface area contributed by atoms with Crippen molar-refractivity contribution in [2.75, 3.05) is 30.4 Å². The van der Waals surface area contributed by atoms with Crippen molar-refractivity contribution in [2.45, 2.75) is 56.8 Å². The quantitative estimate of drug-likeness (QED) is 0.312. The van der Waals surface area contributed by atoms with E-state index < -0.39 is 29.1 Å². The normalized spacial score (nSPS) is 27.7. The third kappa shape index (κ3) is 4.70. The summed E-state index contributed by atoms with van der Waals surface area (Å²) in [6, 6.07) is 19.8. The molecule has 0 aromatic heterocycles. The van der Waals surface area contributed by atoms with Gasteiger partial charge >= 0.3 is 0 Å². The number of fused-ring (bicyclic) bond motifs is 2. The fourth-order valence-electron chi connectivity index (χ4n) is 7.26. The summed E-state index contributed by atoms with van der Waals surface area (Å²) in [5, 5.41) is 17.5. The van der Waals surface area contributed by atoms with Gasteiger partial charge in [0.2, 0.25) is 17.7 Å². The number of rotatable bonds is 10. The number of aliphatic hydroxyl groups excluding tert-OH is 1. The van der Waals surface area contributed by atoms with Crippen LogP contribution in [-0.2, 0) is 19.1 Å². The smallest absolute Gasteiger partial charge is 0.250 e. The van der Waals surface area contributed by atoms with Gasteiger partial charge in [-0.2, -0.15) is 0 Å². The largest absolute Gasteiger partial charge is 0.494 e. The monoisotopic (exact) mass is 571 g/mol. The predicted molar refractivity (Wildman–Crippen MR) is 159 cm³/mol. The molecular weight excluding hydrogens is 534 g/mol. The summed E-state index contributed by atoms with van der Waals surface area (Å²) in [6.07, 6.45) is 2.09. The first-order valence-electron chi connectivity index (χ1n) is 14.7. The molecule has 0 aliphatic carbocycles. The Balaban J connectivity index is 1.30. The van der Waals surface area contributed by atoms with Crippen molar-refractivity contribution < 1.29 is 29.0 Å². The lowest BCUT2D eigenvalue weighted by Gasteiger charge is -2.33. The summed E-state index contributed by atoms with van der Waals surface area (Å²) in [5.41, 5.74) is -0.772. The molecule has 0 radical (unpaired) electrons. The molecule has 3 amide bonds. The Morgan fingerprint density at radius 3 is 2.43 bits per heavy atom. The van der Waals surface area contributed by atoms with Gasteiger partial charge in [0.1, 0.15) is 17.4 Å². The Morgan fingerprint density at radius 2 is 1.69 bits per heavy atom. The van der Waals surface area contributed by atoms with E-state index in [1.54, 1.807) is 29.2 Å². The first-order chi connectivity index (χ1) is 20.3. The Labute approximate surface area is 245 Å². The number of carbonyl (C=O) groups is 3. The number of hydrogen-bond donors (Lipinski definition) is 3. The molecule has 3 fully saturated rings. The molecular formula is C33H37N3O6. The first-order valence-corrected chi connectivity index (χ1v) is 14.7. The summed E-state index contributed by atoms with van der Waals surface area (Å²) in [6.45, 7) is 4.61. The molecule has 1 spiro atoms. The van der Waals surface area contributed by atoms with E-state index in [0.29, 0.717) is 56.0 Å². The van der Waals surface area contributed by atoms with Crippen molar-refractivity contribution in [3.8, 4) is 5.75 Å². The zero-order valence-corrected chi connectivity index (χ0v) is 24.0. The van der Waals surface area contributed by atoms with Crippen molar-refractivity contribution in [3.63, 3.8) is 0 Å². The van der Waals surface area contributed by atoms with Gasteiger partial charge < -0.3 is 30.1 Å². The van der Waals surface area contributed by atoms with E-state index in [4.69, 9.17) is 9.47 Å². The fraction of sp³-hybridized carbons (Fsp3) is 0.424. The van der Waals surface area contributed by atoms with Gasteiger partial charge in [0.25, 0.3) is 0 Å². The Hall–Kier alpha value is -3.95. The van der Waals surface area contributed by atoms with Gasteiger partial charge in [-0.15, -0.1) is 0 Å². The third-order valence-electron chi connectivity index (χ3n) is 9.06. The van der Waals surface area contributed by atoms with E-state index in [1.807, 2.05) is 56.3 Å². The van der Waals surface area contributed by atoms with Crippen LogP contribution in [0.4, 0.5) is 11.4 Å². The van der Waals surface area contributed by atoms with Crippen molar-refractivity contribution in [2.24, 2.45) is 11.8 Å². The molecule has 5 atom stereocenters. The van der Waals surface area contributed by atoms with Crippen LogP contribution >= 0.6 is 0 Å². The summed E-state index contributed by atoms with van der Waals surface area (Å²) in [5.74, 6) is -1.73. The highest BCUT2D eigenvalue weighted by atomic mass is 16.5. The van der Waals surface area contributed by atoms with Crippen LogP contribution in [0.3, 0.4) is 0 Å². The molecule has 42 heavy (non-hydrogen) atoms. The van der Waals surface area contributed by atoms with Gasteiger partial charge in [-0.25, -0.2) is 0 Å². The van der Waals surface area contributed by atoms with E-state index in [-0.39, 0.29) is 24.3 Å². The minimum Gasteiger partial charge on any atom is -0.494 e. The van der Waals surface area contributed by atoms with Crippen LogP contribution in [0.2, 0.25) is 0 Å². The number of ether oxygens (including phenoxy) is 2. The van der Waals surface area contributed by atoms with Gasteiger partial charge in [0.15, 0.2) is 0 Å². The molecule has 3 saturated heterocycles. The van der Waals surface area contributed by atoms with Crippen molar-refractivity contribution in [1.82, 2.24) is 4.90 Å². The second-order valence-electron chi connectivity index (χ2n) is 11.7.